The molecule has 0 aromatic carbocycles. The molecule has 6 heteroatoms. The van der Waals surface area contributed by atoms with E-state index in [1.807, 2.05) is 0 Å². The van der Waals surface area contributed by atoms with Crippen LogP contribution in [0.3, 0.4) is 0 Å². The molecule has 2 rings (SSSR count). The Morgan fingerprint density at radius 2 is 1.92 bits per heavy atom. The van der Waals surface area contributed by atoms with Crippen molar-refractivity contribution in [3.05, 3.63) is 0 Å². The van der Waals surface area contributed by atoms with Crippen molar-refractivity contribution in [1.82, 2.24) is 0 Å². The Balaban J connectivity index is 2.25. The second kappa shape index (κ2) is 2.38. The molecule has 4 N–H and O–H groups in total. The number of aliphatic hydroxyl groups excluding tert-OH is 3. The zero-order valence-electron chi connectivity index (χ0n) is 6.12. The largest absolute Gasteiger partial charge is 0.388 e. The van der Waals surface area contributed by atoms with E-state index in [-0.39, 0.29) is 6.61 Å². The molecular weight excluding hydrogens is 168 g/mol. The predicted octanol–water partition coefficient (Wildman–Crippen LogP) is -2.86. The van der Waals surface area contributed by atoms with Gasteiger partial charge in [0.05, 0.1) is 6.61 Å². The summed E-state index contributed by atoms with van der Waals surface area (Å²) in [4.78, 5) is 0. The molecule has 0 spiro atoms. The van der Waals surface area contributed by atoms with Crippen molar-refractivity contribution in [3.8, 4) is 0 Å². The van der Waals surface area contributed by atoms with E-state index >= 15 is 0 Å². The van der Waals surface area contributed by atoms with E-state index in [1.165, 1.54) is 0 Å². The van der Waals surface area contributed by atoms with Crippen LogP contribution in [0.25, 0.3) is 0 Å². The Morgan fingerprint density at radius 3 is 2.50 bits per heavy atom. The van der Waals surface area contributed by atoms with Crippen LogP contribution in [0.4, 0.5) is 0 Å². The van der Waals surface area contributed by atoms with Gasteiger partial charge in [-0.2, -0.15) is 0 Å². The highest BCUT2D eigenvalue weighted by molar-refractivity contribution is 5.01. The first kappa shape index (κ1) is 8.36. The molecule has 0 saturated carbocycles. The van der Waals surface area contributed by atoms with Crippen molar-refractivity contribution in [2.75, 3.05) is 6.61 Å². The molecule has 2 aliphatic rings. The van der Waals surface area contributed by atoms with Crippen LogP contribution in [-0.4, -0.2) is 57.4 Å². The standard InChI is InChI=1S/C6H10O6/c7-2-1-11-6(10)3(8)5(9)12-4(2)6/h2-5,7-10H,1H2/t2-,3+,4-,5+,6?/m1/s1. The molecule has 6 nitrogen and oxygen atoms in total. The zero-order valence-corrected chi connectivity index (χ0v) is 6.12. The summed E-state index contributed by atoms with van der Waals surface area (Å²) in [6, 6.07) is 0. The van der Waals surface area contributed by atoms with E-state index in [9.17, 15) is 10.2 Å². The molecule has 1 unspecified atom stereocenters. The average molecular weight is 178 g/mol. The Morgan fingerprint density at radius 1 is 1.25 bits per heavy atom. The Hall–Kier alpha value is -0.240. The molecule has 0 amide bonds. The van der Waals surface area contributed by atoms with E-state index in [2.05, 4.69) is 0 Å². The van der Waals surface area contributed by atoms with Crippen molar-refractivity contribution in [2.24, 2.45) is 0 Å². The first-order valence-corrected chi connectivity index (χ1v) is 3.61. The minimum Gasteiger partial charge on any atom is -0.388 e. The number of ether oxygens (including phenoxy) is 2. The molecule has 2 heterocycles. The summed E-state index contributed by atoms with van der Waals surface area (Å²) < 4.78 is 9.42. The molecule has 5 atom stereocenters. The summed E-state index contributed by atoms with van der Waals surface area (Å²) >= 11 is 0. The fourth-order valence-corrected chi connectivity index (χ4v) is 1.53. The van der Waals surface area contributed by atoms with E-state index < -0.39 is 30.4 Å². The average Bonchev–Trinajstić information content (AvgIpc) is 2.42. The fourth-order valence-electron chi connectivity index (χ4n) is 1.53. The first-order chi connectivity index (χ1) is 5.55. The van der Waals surface area contributed by atoms with Gasteiger partial charge >= 0.3 is 0 Å². The Bertz CT molecular complexity index is 196. The van der Waals surface area contributed by atoms with E-state index in [0.29, 0.717) is 0 Å². The normalized spacial score (nSPS) is 59.0. The van der Waals surface area contributed by atoms with E-state index in [4.69, 9.17) is 19.7 Å². The zero-order chi connectivity index (χ0) is 8.93. The minimum atomic E-state index is -1.96. The summed E-state index contributed by atoms with van der Waals surface area (Å²) in [6.07, 6.45) is -5.11. The van der Waals surface area contributed by atoms with Gasteiger partial charge < -0.3 is 29.9 Å². The highest BCUT2D eigenvalue weighted by Crippen LogP contribution is 2.37. The van der Waals surface area contributed by atoms with Gasteiger partial charge in [0.25, 0.3) is 0 Å². The van der Waals surface area contributed by atoms with Gasteiger partial charge in [0, 0.05) is 0 Å². The van der Waals surface area contributed by atoms with Gasteiger partial charge in [0.15, 0.2) is 12.4 Å². The monoisotopic (exact) mass is 178 g/mol. The maximum Gasteiger partial charge on any atom is 0.227 e. The second-order valence-electron chi connectivity index (χ2n) is 3.02. The highest BCUT2D eigenvalue weighted by Gasteiger charge is 2.62. The summed E-state index contributed by atoms with van der Waals surface area (Å²) in [5.41, 5.74) is 0. The van der Waals surface area contributed by atoms with Gasteiger partial charge in [-0.25, -0.2) is 0 Å². The highest BCUT2D eigenvalue weighted by atomic mass is 16.7. The maximum atomic E-state index is 9.52. The van der Waals surface area contributed by atoms with Crippen LogP contribution in [0.1, 0.15) is 0 Å². The lowest BCUT2D eigenvalue weighted by atomic mass is 10.1. The first-order valence-electron chi connectivity index (χ1n) is 3.61. The molecule has 70 valence electrons. The van der Waals surface area contributed by atoms with E-state index in [1.54, 1.807) is 0 Å². The molecule has 2 aliphatic heterocycles. The third-order valence-corrected chi connectivity index (χ3v) is 2.22. The van der Waals surface area contributed by atoms with Gasteiger partial charge in [-0.15, -0.1) is 0 Å². The van der Waals surface area contributed by atoms with Gasteiger partial charge in [-0.1, -0.05) is 0 Å². The van der Waals surface area contributed by atoms with Gasteiger partial charge in [-0.05, 0) is 0 Å². The van der Waals surface area contributed by atoms with Crippen LogP contribution in [0.2, 0.25) is 0 Å². The van der Waals surface area contributed by atoms with Crippen LogP contribution in [0.15, 0.2) is 0 Å². The number of fused-ring (bicyclic) bond motifs is 1. The smallest absolute Gasteiger partial charge is 0.227 e. The van der Waals surface area contributed by atoms with Gasteiger partial charge in [0.1, 0.15) is 12.2 Å². The van der Waals surface area contributed by atoms with Crippen molar-refractivity contribution >= 4 is 0 Å². The second-order valence-corrected chi connectivity index (χ2v) is 3.02. The molecule has 2 fully saturated rings. The molecule has 0 bridgehead atoms. The van der Waals surface area contributed by atoms with Crippen LogP contribution in [0, 0.1) is 0 Å². The lowest BCUT2D eigenvalue weighted by molar-refractivity contribution is -0.230. The van der Waals surface area contributed by atoms with Crippen LogP contribution in [0.5, 0.6) is 0 Å². The maximum absolute atomic E-state index is 9.52. The predicted molar refractivity (Wildman–Crippen MR) is 33.8 cm³/mol. The molecule has 0 aliphatic carbocycles. The number of hydrogen-bond acceptors (Lipinski definition) is 6. The SMILES string of the molecule is O[C@@H]1COC2(O)[C@@H]1O[C@H](O)[C@@H]2O. The summed E-state index contributed by atoms with van der Waals surface area (Å²) in [7, 11) is 0. The Kier molecular flexibility index (Phi) is 1.66. The topological polar surface area (TPSA) is 99.4 Å². The molecule has 0 radical (unpaired) electrons. The third-order valence-electron chi connectivity index (χ3n) is 2.22. The Labute approximate surface area is 68.0 Å². The van der Waals surface area contributed by atoms with Crippen LogP contribution < -0.4 is 0 Å². The van der Waals surface area contributed by atoms with Crippen molar-refractivity contribution in [3.63, 3.8) is 0 Å². The molecule has 0 aromatic heterocycles. The van der Waals surface area contributed by atoms with Crippen LogP contribution >= 0.6 is 0 Å². The molecule has 0 aromatic rings. The third kappa shape index (κ3) is 0.846. The number of aliphatic hydroxyl groups is 4. The van der Waals surface area contributed by atoms with Crippen molar-refractivity contribution in [2.45, 2.75) is 30.4 Å². The number of hydrogen-bond donors (Lipinski definition) is 4. The minimum absolute atomic E-state index is 0.106. The van der Waals surface area contributed by atoms with Gasteiger partial charge in [0.2, 0.25) is 5.79 Å². The van der Waals surface area contributed by atoms with Crippen molar-refractivity contribution < 1.29 is 29.9 Å². The molecule has 12 heavy (non-hydrogen) atoms. The molecule has 2 saturated heterocycles. The summed E-state index contributed by atoms with van der Waals surface area (Å²) in [6.45, 7) is -0.106. The summed E-state index contributed by atoms with van der Waals surface area (Å²) in [5, 5.41) is 36.8. The van der Waals surface area contributed by atoms with Crippen molar-refractivity contribution in [1.29, 1.82) is 0 Å². The van der Waals surface area contributed by atoms with Gasteiger partial charge in [-0.3, -0.25) is 0 Å². The van der Waals surface area contributed by atoms with Crippen LogP contribution in [-0.2, 0) is 9.47 Å². The number of rotatable bonds is 0. The quantitative estimate of drug-likeness (QED) is 0.318. The lowest BCUT2D eigenvalue weighted by Crippen LogP contribution is -2.47. The lowest BCUT2D eigenvalue weighted by Gasteiger charge is -2.22. The summed E-state index contributed by atoms with van der Waals surface area (Å²) in [5.74, 6) is -1.96. The fraction of sp³-hybridized carbons (Fsp3) is 1.00. The van der Waals surface area contributed by atoms with E-state index in [0.717, 1.165) is 0 Å². The molecular formula is C6H10O6.